The molecule has 4 nitrogen and oxygen atoms in total. The number of carbonyl (C=O) groups excluding carboxylic acids is 1. The highest BCUT2D eigenvalue weighted by Crippen LogP contribution is 2.11. The molecule has 0 radical (unpaired) electrons. The number of methoxy groups -OCH3 is 1. The van der Waals surface area contributed by atoms with Crippen LogP contribution in [-0.4, -0.2) is 44.2 Å². The summed E-state index contributed by atoms with van der Waals surface area (Å²) < 4.78 is 18.2. The van der Waals surface area contributed by atoms with E-state index in [1.807, 2.05) is 0 Å². The third kappa shape index (κ3) is 4.90. The highest BCUT2D eigenvalue weighted by molar-refractivity contribution is 5.89. The number of nitrogens with zero attached hydrogens (tertiary/aromatic N) is 1. The van der Waals surface area contributed by atoms with E-state index in [4.69, 9.17) is 0 Å². The van der Waals surface area contributed by atoms with Gasteiger partial charge >= 0.3 is 5.97 Å². The lowest BCUT2D eigenvalue weighted by atomic mass is 10.1. The van der Waals surface area contributed by atoms with Crippen LogP contribution in [0.1, 0.15) is 29.8 Å². The molecule has 1 rings (SSSR count). The third-order valence-electron chi connectivity index (χ3n) is 3.29. The minimum Gasteiger partial charge on any atom is -0.465 e. The molecule has 0 heterocycles. The number of nitrogens with one attached hydrogen (secondary N) is 1. The molecule has 5 heteroatoms. The van der Waals surface area contributed by atoms with Crippen LogP contribution in [0.15, 0.2) is 18.2 Å². The van der Waals surface area contributed by atoms with Crippen LogP contribution in [0.4, 0.5) is 4.39 Å². The van der Waals surface area contributed by atoms with E-state index in [1.165, 1.54) is 19.2 Å². The van der Waals surface area contributed by atoms with Crippen LogP contribution in [0.25, 0.3) is 0 Å². The number of esters is 1. The number of likely N-dealkylation sites (N-methyl/N-ethyl adjacent to an activating group) is 1. The Labute approximate surface area is 119 Å². The van der Waals surface area contributed by atoms with Gasteiger partial charge in [0.2, 0.25) is 0 Å². The molecule has 112 valence electrons. The van der Waals surface area contributed by atoms with Gasteiger partial charge in [0, 0.05) is 25.7 Å². The fourth-order valence-electron chi connectivity index (χ4n) is 1.69. The number of hydrogen-bond donors (Lipinski definition) is 1. The number of rotatable bonds is 7. The minimum absolute atomic E-state index is 0.0317. The molecule has 0 aliphatic carbocycles. The lowest BCUT2D eigenvalue weighted by Crippen LogP contribution is -2.33. The summed E-state index contributed by atoms with van der Waals surface area (Å²) in [6.45, 7) is 6.61. The molecule has 0 atom stereocenters. The molecule has 1 aromatic carbocycles. The van der Waals surface area contributed by atoms with Crippen molar-refractivity contribution in [2.75, 3.05) is 27.2 Å². The van der Waals surface area contributed by atoms with E-state index < -0.39 is 11.8 Å². The first kappa shape index (κ1) is 16.6. The zero-order valence-corrected chi connectivity index (χ0v) is 12.6. The Hall–Kier alpha value is -1.46. The molecular formula is C15H23FN2O2. The van der Waals surface area contributed by atoms with Gasteiger partial charge in [0.1, 0.15) is 5.82 Å². The molecule has 0 amide bonds. The summed E-state index contributed by atoms with van der Waals surface area (Å²) in [6, 6.07) is 5.06. The molecule has 0 spiro atoms. The van der Waals surface area contributed by atoms with Crippen molar-refractivity contribution < 1.29 is 13.9 Å². The average molecular weight is 282 g/mol. The quantitative estimate of drug-likeness (QED) is 0.614. The normalized spacial score (nSPS) is 11.2. The van der Waals surface area contributed by atoms with Crippen molar-refractivity contribution in [3.8, 4) is 0 Å². The second kappa shape index (κ2) is 7.97. The van der Waals surface area contributed by atoms with E-state index >= 15 is 0 Å². The zero-order chi connectivity index (χ0) is 15.1. The lowest BCUT2D eigenvalue weighted by molar-refractivity contribution is 0.0595. The van der Waals surface area contributed by atoms with E-state index in [1.54, 1.807) is 6.07 Å². The first-order valence-corrected chi connectivity index (χ1v) is 6.73. The van der Waals surface area contributed by atoms with Gasteiger partial charge in [-0.2, -0.15) is 0 Å². The van der Waals surface area contributed by atoms with Crippen LogP contribution in [-0.2, 0) is 11.3 Å². The molecule has 0 bridgehead atoms. The minimum atomic E-state index is -0.652. The van der Waals surface area contributed by atoms with Crippen LogP contribution >= 0.6 is 0 Å². The van der Waals surface area contributed by atoms with Gasteiger partial charge in [-0.3, -0.25) is 0 Å². The maximum absolute atomic E-state index is 13.7. The molecule has 1 N–H and O–H groups in total. The smallest absolute Gasteiger partial charge is 0.340 e. The Morgan fingerprint density at radius 1 is 1.45 bits per heavy atom. The summed E-state index contributed by atoms with van der Waals surface area (Å²) in [5, 5.41) is 3.25. The van der Waals surface area contributed by atoms with Crippen molar-refractivity contribution >= 4 is 5.97 Å². The number of hydrogen-bond acceptors (Lipinski definition) is 4. The van der Waals surface area contributed by atoms with E-state index in [0.717, 1.165) is 18.7 Å². The lowest BCUT2D eigenvalue weighted by Gasteiger charge is -2.20. The maximum atomic E-state index is 13.7. The van der Waals surface area contributed by atoms with Gasteiger partial charge in [-0.05, 0) is 38.6 Å². The molecule has 1 aromatic rings. The molecule has 20 heavy (non-hydrogen) atoms. The number of benzene rings is 1. The van der Waals surface area contributed by atoms with Crippen LogP contribution in [0, 0.1) is 5.82 Å². The Bertz CT molecular complexity index is 449. The summed E-state index contributed by atoms with van der Waals surface area (Å²) in [5.74, 6) is -1.20. The van der Waals surface area contributed by atoms with Crippen LogP contribution in [0.3, 0.4) is 0 Å². The van der Waals surface area contributed by atoms with Crippen molar-refractivity contribution in [3.05, 3.63) is 35.1 Å². The SMILES string of the molecule is COC(=O)c1ccc(CNCCN(C)C(C)C)cc1F. The predicted molar refractivity (Wildman–Crippen MR) is 77.2 cm³/mol. The van der Waals surface area contributed by atoms with Crippen molar-refractivity contribution in [2.24, 2.45) is 0 Å². The van der Waals surface area contributed by atoms with Crippen LogP contribution in [0.2, 0.25) is 0 Å². The van der Waals surface area contributed by atoms with Crippen molar-refractivity contribution in [3.63, 3.8) is 0 Å². The summed E-state index contributed by atoms with van der Waals surface area (Å²) in [5.41, 5.74) is 0.776. The van der Waals surface area contributed by atoms with Gasteiger partial charge < -0.3 is 15.0 Å². The highest BCUT2D eigenvalue weighted by Gasteiger charge is 2.12. The standard InChI is InChI=1S/C15H23FN2O2/c1-11(2)18(3)8-7-17-10-12-5-6-13(14(16)9-12)15(19)20-4/h5-6,9,11,17H,7-8,10H2,1-4H3. The zero-order valence-electron chi connectivity index (χ0n) is 12.6. The molecule has 0 unspecified atom stereocenters. The molecular weight excluding hydrogens is 259 g/mol. The van der Waals surface area contributed by atoms with E-state index in [-0.39, 0.29) is 5.56 Å². The summed E-state index contributed by atoms with van der Waals surface area (Å²) in [4.78, 5) is 13.5. The highest BCUT2D eigenvalue weighted by atomic mass is 19.1. The van der Waals surface area contributed by atoms with Gasteiger partial charge in [0.25, 0.3) is 0 Å². The first-order chi connectivity index (χ1) is 9.45. The second-order valence-electron chi connectivity index (χ2n) is 5.06. The van der Waals surface area contributed by atoms with Crippen molar-refractivity contribution in [1.29, 1.82) is 0 Å². The molecule has 0 fully saturated rings. The van der Waals surface area contributed by atoms with Crippen LogP contribution in [0.5, 0.6) is 0 Å². The summed E-state index contributed by atoms with van der Waals surface area (Å²) >= 11 is 0. The Kier molecular flexibility index (Phi) is 6.61. The van der Waals surface area contributed by atoms with Crippen molar-refractivity contribution in [2.45, 2.75) is 26.4 Å². The molecule has 0 aliphatic heterocycles. The second-order valence-corrected chi connectivity index (χ2v) is 5.06. The fourth-order valence-corrected chi connectivity index (χ4v) is 1.69. The molecule has 0 saturated carbocycles. The van der Waals surface area contributed by atoms with Gasteiger partial charge in [-0.15, -0.1) is 0 Å². The van der Waals surface area contributed by atoms with E-state index in [0.29, 0.717) is 12.6 Å². The van der Waals surface area contributed by atoms with Gasteiger partial charge in [-0.1, -0.05) is 6.07 Å². The fraction of sp³-hybridized carbons (Fsp3) is 0.533. The first-order valence-electron chi connectivity index (χ1n) is 6.73. The molecule has 0 aliphatic rings. The topological polar surface area (TPSA) is 41.6 Å². The Morgan fingerprint density at radius 2 is 2.15 bits per heavy atom. The summed E-state index contributed by atoms with van der Waals surface area (Å²) in [6.07, 6.45) is 0. The number of ether oxygens (including phenoxy) is 1. The number of halogens is 1. The Balaban J connectivity index is 2.46. The van der Waals surface area contributed by atoms with Gasteiger partial charge in [0.15, 0.2) is 0 Å². The Morgan fingerprint density at radius 3 is 2.70 bits per heavy atom. The average Bonchev–Trinajstić information content (AvgIpc) is 2.42. The number of carbonyl (C=O) groups is 1. The van der Waals surface area contributed by atoms with E-state index in [2.05, 4.69) is 35.8 Å². The van der Waals surface area contributed by atoms with Gasteiger partial charge in [0.05, 0.1) is 12.7 Å². The molecule has 0 aromatic heterocycles. The molecule has 0 saturated heterocycles. The van der Waals surface area contributed by atoms with Gasteiger partial charge in [-0.25, -0.2) is 9.18 Å². The van der Waals surface area contributed by atoms with Crippen LogP contribution < -0.4 is 5.32 Å². The van der Waals surface area contributed by atoms with Crippen molar-refractivity contribution in [1.82, 2.24) is 10.2 Å². The predicted octanol–water partition coefficient (Wildman–Crippen LogP) is 2.04. The largest absolute Gasteiger partial charge is 0.465 e. The third-order valence-corrected chi connectivity index (χ3v) is 3.29. The monoisotopic (exact) mass is 282 g/mol. The summed E-state index contributed by atoms with van der Waals surface area (Å²) in [7, 11) is 3.31. The van der Waals surface area contributed by atoms with E-state index in [9.17, 15) is 9.18 Å². The maximum Gasteiger partial charge on any atom is 0.340 e.